The second kappa shape index (κ2) is 20.3. The van der Waals surface area contributed by atoms with Crippen molar-refractivity contribution in [2.45, 2.75) is 121 Å². The Morgan fingerprint density at radius 3 is 1.65 bits per heavy atom. The first-order chi connectivity index (χ1) is 28.2. The molecule has 4 aliphatic rings. The number of nitrogens with zero attached hydrogens (tertiary/aromatic N) is 1. The minimum absolute atomic E-state index is 0.0163. The molecule has 4 fully saturated rings. The largest absolute Gasteiger partial charge is 0.513 e. The number of hydrogen-bond donors (Lipinski definition) is 2. The molecule has 7 unspecified atom stereocenters. The van der Waals surface area contributed by atoms with Gasteiger partial charge in [-0.2, -0.15) is 0 Å². The number of non-ortho nitro benzene ring substituents is 1. The summed E-state index contributed by atoms with van der Waals surface area (Å²) in [5, 5.41) is 16.3. The first-order valence-electron chi connectivity index (χ1n) is 19.6. The van der Waals surface area contributed by atoms with E-state index in [1.807, 2.05) is 0 Å². The molecule has 4 saturated heterocycles. The standard InChI is InChI=1S/C38H57N3O19/c1-35(2)52-21-28(57-35)30-26(55-37(5,6)59-30)17-39-32(42)49-14-13-47-19-25(20-51-34(44)54-24-11-9-23(10-12-24)41(45)46)48-15-16-50-33(43)40-18-27-31(60-38(7,8)56-27)29-22-53-36(3,4)58-29/h9-12,25-31H,13-22H2,1-8H3,(H,39,42)(H,40,43). The summed E-state index contributed by atoms with van der Waals surface area (Å²) >= 11 is 0. The smallest absolute Gasteiger partial charge is 0.447 e. The second-order valence-electron chi connectivity index (χ2n) is 16.0. The number of rotatable bonds is 19. The van der Waals surface area contributed by atoms with Gasteiger partial charge in [0.25, 0.3) is 5.69 Å². The molecule has 0 radical (unpaired) electrons. The van der Waals surface area contributed by atoms with Gasteiger partial charge in [-0.25, -0.2) is 14.4 Å². The number of amides is 2. The Kier molecular flexibility index (Phi) is 15.9. The fraction of sp³-hybridized carbons (Fsp3) is 0.763. The zero-order chi connectivity index (χ0) is 43.7. The number of carbonyl (C=O) groups excluding carboxylic acids is 3. The molecule has 60 heavy (non-hydrogen) atoms. The molecule has 4 heterocycles. The number of carbonyl (C=O) groups is 3. The molecule has 5 rings (SSSR count). The maximum absolute atomic E-state index is 12.6. The molecule has 338 valence electrons. The molecule has 1 aromatic carbocycles. The first-order valence-corrected chi connectivity index (χ1v) is 19.6. The summed E-state index contributed by atoms with van der Waals surface area (Å²) in [7, 11) is 0. The molecule has 0 aliphatic carbocycles. The Balaban J connectivity index is 1.03. The van der Waals surface area contributed by atoms with Crippen molar-refractivity contribution in [2.75, 3.05) is 65.9 Å². The molecule has 22 nitrogen and oxygen atoms in total. The zero-order valence-electron chi connectivity index (χ0n) is 35.1. The fourth-order valence-electron chi connectivity index (χ4n) is 6.72. The van der Waals surface area contributed by atoms with E-state index in [1.165, 1.54) is 24.3 Å². The third-order valence-electron chi connectivity index (χ3n) is 9.20. The topological polar surface area (TPSA) is 248 Å². The molecule has 2 amide bonds. The lowest BCUT2D eigenvalue weighted by molar-refractivity contribution is -0.384. The Bertz CT molecular complexity index is 1610. The number of nitrogens with one attached hydrogen (secondary N) is 2. The number of alkyl carbamates (subject to hydrolysis) is 2. The van der Waals surface area contributed by atoms with E-state index in [0.717, 1.165) is 0 Å². The van der Waals surface area contributed by atoms with Crippen molar-refractivity contribution < 1.29 is 85.6 Å². The van der Waals surface area contributed by atoms with Gasteiger partial charge in [0.05, 0.1) is 38.0 Å². The summed E-state index contributed by atoms with van der Waals surface area (Å²) in [6, 6.07) is 4.83. The summed E-state index contributed by atoms with van der Waals surface area (Å²) in [5.41, 5.74) is -0.185. The fourth-order valence-corrected chi connectivity index (χ4v) is 6.72. The van der Waals surface area contributed by atoms with Crippen LogP contribution in [0.1, 0.15) is 55.4 Å². The molecule has 1 aromatic rings. The van der Waals surface area contributed by atoms with E-state index in [1.54, 1.807) is 55.4 Å². The minimum atomic E-state index is -1.11. The molecule has 0 spiro atoms. The van der Waals surface area contributed by atoms with Gasteiger partial charge in [-0.15, -0.1) is 0 Å². The van der Waals surface area contributed by atoms with Crippen LogP contribution in [0, 0.1) is 10.1 Å². The average molecular weight is 860 g/mol. The van der Waals surface area contributed by atoms with Crippen LogP contribution in [0.25, 0.3) is 0 Å². The third-order valence-corrected chi connectivity index (χ3v) is 9.20. The Hall–Kier alpha value is -3.97. The van der Waals surface area contributed by atoms with Gasteiger partial charge in [-0.05, 0) is 67.5 Å². The first kappa shape index (κ1) is 47.1. The van der Waals surface area contributed by atoms with E-state index in [9.17, 15) is 24.5 Å². The van der Waals surface area contributed by atoms with Gasteiger partial charge in [0, 0.05) is 25.2 Å². The van der Waals surface area contributed by atoms with Crippen LogP contribution in [0.15, 0.2) is 24.3 Å². The molecule has 7 atom stereocenters. The summed E-state index contributed by atoms with van der Waals surface area (Å²) in [6.45, 7) is 14.1. The van der Waals surface area contributed by atoms with Gasteiger partial charge >= 0.3 is 18.3 Å². The van der Waals surface area contributed by atoms with Crippen molar-refractivity contribution in [1.82, 2.24) is 10.6 Å². The monoisotopic (exact) mass is 859 g/mol. The lowest BCUT2D eigenvalue weighted by atomic mass is 10.1. The highest BCUT2D eigenvalue weighted by molar-refractivity contribution is 5.67. The van der Waals surface area contributed by atoms with Crippen molar-refractivity contribution in [1.29, 1.82) is 0 Å². The number of nitro benzene ring substituents is 1. The third kappa shape index (κ3) is 14.6. The van der Waals surface area contributed by atoms with E-state index >= 15 is 0 Å². The zero-order valence-corrected chi connectivity index (χ0v) is 35.1. The molecular weight excluding hydrogens is 802 g/mol. The summed E-state index contributed by atoms with van der Waals surface area (Å²) in [5.74, 6) is -3.32. The molecule has 0 saturated carbocycles. The van der Waals surface area contributed by atoms with E-state index < -0.39 is 83.0 Å². The average Bonchev–Trinajstić information content (AvgIpc) is 3.90. The SMILES string of the molecule is CC1(C)OCC(C2OC(C)(C)OC2CNC(=O)OCCOCC(COC(=O)Oc2ccc([N+](=O)[O-])cc2)OCCOC(=O)NCC2OC(C)(C)OC2C2COC(C)(C)O2)O1. The van der Waals surface area contributed by atoms with Crippen LogP contribution >= 0.6 is 0 Å². The number of hydrogen-bond acceptors (Lipinski definition) is 19. The van der Waals surface area contributed by atoms with Gasteiger partial charge < -0.3 is 76.9 Å². The quantitative estimate of drug-likeness (QED) is 0.0506. The maximum atomic E-state index is 12.6. The molecule has 0 bridgehead atoms. The molecule has 2 N–H and O–H groups in total. The highest BCUT2D eigenvalue weighted by Crippen LogP contribution is 2.36. The Morgan fingerprint density at radius 2 is 1.18 bits per heavy atom. The predicted octanol–water partition coefficient (Wildman–Crippen LogP) is 3.31. The van der Waals surface area contributed by atoms with E-state index in [2.05, 4.69) is 10.6 Å². The van der Waals surface area contributed by atoms with Gasteiger partial charge in [0.2, 0.25) is 0 Å². The normalized spacial score (nSPS) is 27.8. The summed E-state index contributed by atoms with van der Waals surface area (Å²) in [6.07, 6.45) is -6.29. The lowest BCUT2D eigenvalue weighted by Gasteiger charge is -2.24. The Labute approximate surface area is 347 Å². The van der Waals surface area contributed by atoms with E-state index in [0.29, 0.717) is 13.2 Å². The number of nitro groups is 1. The predicted molar refractivity (Wildman–Crippen MR) is 202 cm³/mol. The van der Waals surface area contributed by atoms with Crippen molar-refractivity contribution in [3.8, 4) is 5.75 Å². The van der Waals surface area contributed by atoms with Crippen molar-refractivity contribution in [3.05, 3.63) is 34.4 Å². The summed E-state index contributed by atoms with van der Waals surface area (Å²) < 4.78 is 79.5. The van der Waals surface area contributed by atoms with Crippen LogP contribution in [-0.2, 0) is 61.6 Å². The van der Waals surface area contributed by atoms with Gasteiger partial charge in [0.1, 0.15) is 68.3 Å². The molecular formula is C38H57N3O19. The lowest BCUT2D eigenvalue weighted by Crippen LogP contribution is -2.44. The van der Waals surface area contributed by atoms with E-state index in [4.69, 9.17) is 66.3 Å². The molecule has 4 aliphatic heterocycles. The van der Waals surface area contributed by atoms with Gasteiger partial charge in [-0.1, -0.05) is 0 Å². The Morgan fingerprint density at radius 1 is 0.683 bits per heavy atom. The molecule has 0 aromatic heterocycles. The number of benzene rings is 1. The van der Waals surface area contributed by atoms with Crippen molar-refractivity contribution >= 4 is 24.0 Å². The van der Waals surface area contributed by atoms with Crippen LogP contribution < -0.4 is 15.4 Å². The van der Waals surface area contributed by atoms with Crippen LogP contribution in [0.3, 0.4) is 0 Å². The van der Waals surface area contributed by atoms with Crippen molar-refractivity contribution in [2.24, 2.45) is 0 Å². The van der Waals surface area contributed by atoms with Crippen LogP contribution in [0.4, 0.5) is 20.1 Å². The van der Waals surface area contributed by atoms with Gasteiger partial charge in [-0.3, -0.25) is 10.1 Å². The van der Waals surface area contributed by atoms with E-state index in [-0.39, 0.29) is 70.3 Å². The highest BCUT2D eigenvalue weighted by Gasteiger charge is 2.51. The molecule has 22 heteroatoms. The summed E-state index contributed by atoms with van der Waals surface area (Å²) in [4.78, 5) is 47.8. The van der Waals surface area contributed by atoms with Crippen molar-refractivity contribution in [3.63, 3.8) is 0 Å². The second-order valence-corrected chi connectivity index (χ2v) is 16.0. The van der Waals surface area contributed by atoms with Gasteiger partial charge in [0.15, 0.2) is 23.1 Å². The van der Waals surface area contributed by atoms with Crippen LogP contribution in [-0.4, -0.2) is 155 Å². The van der Waals surface area contributed by atoms with Crippen LogP contribution in [0.2, 0.25) is 0 Å². The maximum Gasteiger partial charge on any atom is 0.513 e. The minimum Gasteiger partial charge on any atom is -0.447 e. The van der Waals surface area contributed by atoms with Crippen LogP contribution in [0.5, 0.6) is 5.75 Å². The highest BCUT2D eigenvalue weighted by atomic mass is 16.8. The number of ether oxygens (including phenoxy) is 14.